The molecule has 1 aromatic carbocycles. The van der Waals surface area contributed by atoms with Crippen molar-refractivity contribution >= 4 is 17.8 Å². The molecule has 0 bridgehead atoms. The minimum Gasteiger partial charge on any atom is -0.371 e. The summed E-state index contributed by atoms with van der Waals surface area (Å²) in [6.07, 6.45) is 7.24. The molecule has 0 saturated heterocycles. The number of unbranched alkanes of at least 4 members (excludes halogenated alkanes) is 2. The van der Waals surface area contributed by atoms with Crippen LogP contribution in [0.3, 0.4) is 0 Å². The highest BCUT2D eigenvalue weighted by molar-refractivity contribution is 8.14. The van der Waals surface area contributed by atoms with Crippen LogP contribution in [0.5, 0.6) is 0 Å². The molecule has 0 saturated carbocycles. The van der Waals surface area contributed by atoms with Gasteiger partial charge in [0, 0.05) is 7.11 Å². The van der Waals surface area contributed by atoms with Gasteiger partial charge in [0.2, 0.25) is 0 Å². The summed E-state index contributed by atoms with van der Waals surface area (Å²) in [5.41, 5.74) is 1.26. The van der Waals surface area contributed by atoms with Gasteiger partial charge in [-0.15, -0.1) is 0 Å². The molecule has 0 amide bonds. The molecular weight excluding hydrogens is 271 g/mol. The van der Waals surface area contributed by atoms with E-state index in [0.717, 1.165) is 0 Å². The lowest BCUT2D eigenvalue weighted by atomic mass is 10.2. The van der Waals surface area contributed by atoms with E-state index < -0.39 is 6.04 Å². The highest BCUT2D eigenvalue weighted by Gasteiger charge is 2.28. The van der Waals surface area contributed by atoms with E-state index in [1.807, 2.05) is 7.11 Å². The molecule has 1 aromatic rings. The smallest absolute Gasteiger partial charge is 0.110 e. The van der Waals surface area contributed by atoms with E-state index in [1.165, 1.54) is 43.6 Å². The lowest BCUT2D eigenvalue weighted by Crippen LogP contribution is -2.09. The Hall–Kier alpha value is -0.170. The Morgan fingerprint density at radius 1 is 1.05 bits per heavy atom. The molecule has 1 rings (SSSR count). The van der Waals surface area contributed by atoms with Gasteiger partial charge in [-0.25, -0.2) is 0 Å². The average molecular weight is 298 g/mol. The Balaban J connectivity index is 2.95. The van der Waals surface area contributed by atoms with Crippen LogP contribution in [0.25, 0.3) is 0 Å². The molecule has 3 heteroatoms. The molecule has 0 aliphatic rings. The van der Waals surface area contributed by atoms with Crippen LogP contribution in [-0.4, -0.2) is 19.4 Å². The molecule has 0 heterocycles. The van der Waals surface area contributed by atoms with Crippen molar-refractivity contribution in [2.24, 2.45) is 0 Å². The van der Waals surface area contributed by atoms with Gasteiger partial charge < -0.3 is 4.74 Å². The van der Waals surface area contributed by atoms with E-state index in [1.54, 1.807) is 0 Å². The van der Waals surface area contributed by atoms with Crippen molar-refractivity contribution in [3.8, 4) is 0 Å². The van der Waals surface area contributed by atoms with Crippen molar-refractivity contribution in [3.63, 3.8) is 0 Å². The minimum absolute atomic E-state index is 0.141. The molecule has 19 heavy (non-hydrogen) atoms. The second-order valence-corrected chi connectivity index (χ2v) is 10.6. The fourth-order valence-corrected chi connectivity index (χ4v) is 7.31. The molecule has 0 aliphatic heterocycles. The first kappa shape index (κ1) is 16.9. The fourth-order valence-electron chi connectivity index (χ4n) is 2.42. The van der Waals surface area contributed by atoms with Crippen molar-refractivity contribution in [3.05, 3.63) is 35.9 Å². The largest absolute Gasteiger partial charge is 0.371 e. The van der Waals surface area contributed by atoms with E-state index in [2.05, 4.69) is 44.2 Å². The van der Waals surface area contributed by atoms with Gasteiger partial charge in [-0.1, -0.05) is 68.8 Å². The molecular formula is C16H27OPS. The second kappa shape index (κ2) is 8.89. The minimum atomic E-state index is -1.47. The molecule has 108 valence electrons. The number of rotatable bonds is 9. The zero-order valence-electron chi connectivity index (χ0n) is 12.5. The fraction of sp³-hybridized carbons (Fsp3) is 0.625. The molecule has 0 radical (unpaired) electrons. The molecule has 0 fully saturated rings. The molecule has 0 unspecified atom stereocenters. The van der Waals surface area contributed by atoms with Crippen molar-refractivity contribution in [2.45, 2.75) is 45.4 Å². The third-order valence-corrected chi connectivity index (χ3v) is 8.70. The first-order valence-electron chi connectivity index (χ1n) is 7.33. The van der Waals surface area contributed by atoms with Gasteiger partial charge in [-0.3, -0.25) is 0 Å². The van der Waals surface area contributed by atoms with Crippen LogP contribution in [0.2, 0.25) is 0 Å². The number of hydrogen-bond acceptors (Lipinski definition) is 2. The Morgan fingerprint density at radius 3 is 2.00 bits per heavy atom. The number of hydrogen-bond donors (Lipinski definition) is 0. The summed E-state index contributed by atoms with van der Waals surface area (Å²) in [6.45, 7) is 4.48. The van der Waals surface area contributed by atoms with E-state index in [-0.39, 0.29) is 5.85 Å². The topological polar surface area (TPSA) is 9.23 Å². The van der Waals surface area contributed by atoms with Crippen LogP contribution in [0, 0.1) is 0 Å². The van der Waals surface area contributed by atoms with E-state index >= 15 is 0 Å². The summed E-state index contributed by atoms with van der Waals surface area (Å²) in [4.78, 5) is 0. The molecule has 1 nitrogen and oxygen atoms in total. The predicted octanol–water partition coefficient (Wildman–Crippen LogP) is 5.41. The summed E-state index contributed by atoms with van der Waals surface area (Å²) in [5.74, 6) is 0.141. The first-order valence-corrected chi connectivity index (χ1v) is 10.6. The highest BCUT2D eigenvalue weighted by atomic mass is 32.4. The lowest BCUT2D eigenvalue weighted by Gasteiger charge is -2.31. The summed E-state index contributed by atoms with van der Waals surface area (Å²) in [6, 6.07) is 9.07. The van der Waals surface area contributed by atoms with Crippen LogP contribution in [-0.2, 0) is 16.5 Å². The summed E-state index contributed by atoms with van der Waals surface area (Å²) in [5, 5.41) is 0. The number of benzene rings is 1. The van der Waals surface area contributed by atoms with Gasteiger partial charge in [0.05, 0.1) is 0 Å². The quantitative estimate of drug-likeness (QED) is 0.564. The van der Waals surface area contributed by atoms with Gasteiger partial charge in [-0.05, 0) is 36.8 Å². The van der Waals surface area contributed by atoms with Crippen LogP contribution in [0.15, 0.2) is 30.3 Å². The van der Waals surface area contributed by atoms with Gasteiger partial charge in [0.25, 0.3) is 0 Å². The van der Waals surface area contributed by atoms with E-state index in [4.69, 9.17) is 16.5 Å². The Kier molecular flexibility index (Phi) is 7.90. The van der Waals surface area contributed by atoms with Crippen molar-refractivity contribution < 1.29 is 4.74 Å². The maximum Gasteiger partial charge on any atom is 0.110 e. The average Bonchev–Trinajstić information content (AvgIpc) is 2.45. The standard InChI is InChI=1S/C16H27OPS/c1-4-6-13-18(19,14-7-5-2)16(17-3)15-11-9-8-10-12-15/h8-12,16H,4-7,13-14H2,1-3H3/t16-/m1/s1. The van der Waals surface area contributed by atoms with Crippen molar-refractivity contribution in [1.29, 1.82) is 0 Å². The number of methoxy groups -OCH3 is 1. The van der Waals surface area contributed by atoms with Crippen LogP contribution < -0.4 is 0 Å². The zero-order valence-corrected chi connectivity index (χ0v) is 14.2. The molecule has 1 atom stereocenters. The zero-order chi connectivity index (χ0) is 14.1. The normalized spacial score (nSPS) is 13.4. The van der Waals surface area contributed by atoms with Crippen molar-refractivity contribution in [1.82, 2.24) is 0 Å². The Morgan fingerprint density at radius 2 is 1.58 bits per heavy atom. The SMILES string of the molecule is CCCCP(=S)(CCCC)[C@@H](OC)c1ccccc1. The maximum absolute atomic E-state index is 6.12. The van der Waals surface area contributed by atoms with Gasteiger partial charge >= 0.3 is 0 Å². The Bertz CT molecular complexity index is 379. The lowest BCUT2D eigenvalue weighted by molar-refractivity contribution is 0.170. The maximum atomic E-state index is 6.12. The summed E-state index contributed by atoms with van der Waals surface area (Å²) < 4.78 is 5.84. The third kappa shape index (κ3) is 5.02. The monoisotopic (exact) mass is 298 g/mol. The van der Waals surface area contributed by atoms with E-state index in [0.29, 0.717) is 0 Å². The van der Waals surface area contributed by atoms with Gasteiger partial charge in [-0.2, -0.15) is 0 Å². The van der Waals surface area contributed by atoms with E-state index in [9.17, 15) is 0 Å². The molecule has 0 aliphatic carbocycles. The van der Waals surface area contributed by atoms with Gasteiger partial charge in [0.1, 0.15) is 5.85 Å². The Labute approximate surface area is 123 Å². The third-order valence-electron chi connectivity index (χ3n) is 3.52. The van der Waals surface area contributed by atoms with Crippen LogP contribution in [0.1, 0.15) is 50.9 Å². The van der Waals surface area contributed by atoms with Crippen LogP contribution in [0.4, 0.5) is 0 Å². The number of ether oxygens (including phenoxy) is 1. The van der Waals surface area contributed by atoms with Gasteiger partial charge in [0.15, 0.2) is 0 Å². The molecule has 0 spiro atoms. The highest BCUT2D eigenvalue weighted by Crippen LogP contribution is 2.60. The first-order chi connectivity index (χ1) is 9.18. The molecule has 0 aromatic heterocycles. The van der Waals surface area contributed by atoms with Crippen molar-refractivity contribution in [2.75, 3.05) is 19.4 Å². The summed E-state index contributed by atoms with van der Waals surface area (Å²) in [7, 11) is 1.82. The van der Waals surface area contributed by atoms with Crippen LogP contribution >= 0.6 is 6.04 Å². The second-order valence-electron chi connectivity index (χ2n) is 5.11. The molecule has 0 N–H and O–H groups in total. The summed E-state index contributed by atoms with van der Waals surface area (Å²) >= 11 is 6.12. The predicted molar refractivity (Wildman–Crippen MR) is 90.0 cm³/mol.